The molecule has 0 amide bonds. The first-order chi connectivity index (χ1) is 16.0. The first-order valence-corrected chi connectivity index (χ1v) is 12.0. The molecule has 2 aromatic carbocycles. The molecule has 0 aliphatic heterocycles. The van der Waals surface area contributed by atoms with Crippen molar-refractivity contribution >= 4 is 17.3 Å². The average molecular weight is 491 g/mol. The third-order valence-corrected chi connectivity index (χ3v) is 7.70. The van der Waals surface area contributed by atoms with Gasteiger partial charge in [0, 0.05) is 10.3 Å². The van der Waals surface area contributed by atoms with Crippen LogP contribution in [0.5, 0.6) is 5.75 Å². The van der Waals surface area contributed by atoms with E-state index in [2.05, 4.69) is 13.8 Å². The van der Waals surface area contributed by atoms with Gasteiger partial charge in [0.1, 0.15) is 10.6 Å². The Hall–Kier alpha value is -2.80. The number of rotatable bonds is 8. The summed E-state index contributed by atoms with van der Waals surface area (Å²) >= 11 is 1.43. The summed E-state index contributed by atoms with van der Waals surface area (Å²) in [6, 6.07) is 12.8. The van der Waals surface area contributed by atoms with Gasteiger partial charge in [0.25, 0.3) is 0 Å². The molecule has 0 saturated heterocycles. The number of benzene rings is 2. The highest BCUT2D eigenvalue weighted by Crippen LogP contribution is 2.39. The van der Waals surface area contributed by atoms with E-state index < -0.39 is 11.7 Å². The Labute approximate surface area is 202 Å². The number of ether oxygens (including phenoxy) is 2. The maximum atomic E-state index is 12.9. The molecule has 0 spiro atoms. The third-order valence-electron chi connectivity index (χ3n) is 6.39. The first-order valence-electron chi connectivity index (χ1n) is 11.1. The Bertz CT molecular complexity index is 1120. The lowest BCUT2D eigenvalue weighted by atomic mass is 9.81. The van der Waals surface area contributed by atoms with E-state index in [9.17, 15) is 18.0 Å². The number of methoxy groups -OCH3 is 1. The molecule has 3 nitrogen and oxygen atoms in total. The molecule has 0 bridgehead atoms. The standard InChI is InChI=1S/C27H29F3O3S/c1-6-26(7-2,23-13-12-22(34-23)25(31)32-5)16-33-21-14-17(3)24(18(4)15-21)19-8-10-20(11-9-19)27(28,29)30/h8-15H,6-7,16H2,1-5H3. The summed E-state index contributed by atoms with van der Waals surface area (Å²) in [5.41, 5.74) is 2.59. The molecule has 1 aromatic heterocycles. The molecule has 0 saturated carbocycles. The van der Waals surface area contributed by atoms with Crippen LogP contribution < -0.4 is 4.74 Å². The summed E-state index contributed by atoms with van der Waals surface area (Å²) in [6.07, 6.45) is -2.68. The zero-order valence-electron chi connectivity index (χ0n) is 20.0. The van der Waals surface area contributed by atoms with Gasteiger partial charge in [-0.15, -0.1) is 11.3 Å². The van der Waals surface area contributed by atoms with E-state index in [1.54, 1.807) is 6.07 Å². The Balaban J connectivity index is 1.84. The zero-order chi connectivity index (χ0) is 25.1. The van der Waals surface area contributed by atoms with Crippen molar-refractivity contribution in [2.45, 2.75) is 52.1 Å². The van der Waals surface area contributed by atoms with Crippen molar-refractivity contribution in [2.75, 3.05) is 13.7 Å². The number of carbonyl (C=O) groups is 1. The average Bonchev–Trinajstić information content (AvgIpc) is 3.30. The van der Waals surface area contributed by atoms with E-state index in [1.807, 2.05) is 32.0 Å². The predicted octanol–water partition coefficient (Wildman–Crippen LogP) is 7.97. The molecule has 0 aliphatic carbocycles. The van der Waals surface area contributed by atoms with Gasteiger partial charge in [0.2, 0.25) is 0 Å². The monoisotopic (exact) mass is 490 g/mol. The van der Waals surface area contributed by atoms with Crippen LogP contribution in [0.25, 0.3) is 11.1 Å². The lowest BCUT2D eigenvalue weighted by Gasteiger charge is -2.31. The minimum Gasteiger partial charge on any atom is -0.493 e. The topological polar surface area (TPSA) is 35.5 Å². The normalized spacial score (nSPS) is 12.0. The quantitative estimate of drug-likeness (QED) is 0.300. The van der Waals surface area contributed by atoms with E-state index in [-0.39, 0.29) is 11.4 Å². The van der Waals surface area contributed by atoms with Gasteiger partial charge >= 0.3 is 12.1 Å². The lowest BCUT2D eigenvalue weighted by molar-refractivity contribution is -0.137. The molecule has 0 atom stereocenters. The second kappa shape index (κ2) is 10.2. The summed E-state index contributed by atoms with van der Waals surface area (Å²) in [4.78, 5) is 13.5. The van der Waals surface area contributed by atoms with Crippen LogP contribution in [0.2, 0.25) is 0 Å². The second-order valence-electron chi connectivity index (χ2n) is 8.44. The highest BCUT2D eigenvalue weighted by atomic mass is 32.1. The van der Waals surface area contributed by atoms with E-state index in [0.29, 0.717) is 17.2 Å². The zero-order valence-corrected chi connectivity index (χ0v) is 20.8. The van der Waals surface area contributed by atoms with Gasteiger partial charge in [0.15, 0.2) is 0 Å². The summed E-state index contributed by atoms with van der Waals surface area (Å²) in [5.74, 6) is 0.366. The largest absolute Gasteiger partial charge is 0.493 e. The van der Waals surface area contributed by atoms with Crippen LogP contribution in [0.1, 0.15) is 57.9 Å². The Morgan fingerprint density at radius 3 is 2.03 bits per heavy atom. The van der Waals surface area contributed by atoms with Gasteiger partial charge in [-0.25, -0.2) is 4.79 Å². The van der Waals surface area contributed by atoms with Gasteiger partial charge in [0.05, 0.1) is 19.3 Å². The molecule has 0 aliphatic rings. The summed E-state index contributed by atoms with van der Waals surface area (Å²) in [7, 11) is 1.37. The van der Waals surface area contributed by atoms with Crippen molar-refractivity contribution in [3.8, 4) is 16.9 Å². The van der Waals surface area contributed by atoms with Crippen LogP contribution in [0, 0.1) is 13.8 Å². The van der Waals surface area contributed by atoms with Gasteiger partial charge in [-0.05, 0) is 85.3 Å². The molecule has 0 N–H and O–H groups in total. The molecule has 182 valence electrons. The Morgan fingerprint density at radius 2 is 1.53 bits per heavy atom. The van der Waals surface area contributed by atoms with Gasteiger partial charge in [-0.2, -0.15) is 13.2 Å². The second-order valence-corrected chi connectivity index (χ2v) is 9.52. The van der Waals surface area contributed by atoms with E-state index >= 15 is 0 Å². The highest BCUT2D eigenvalue weighted by molar-refractivity contribution is 7.14. The molecule has 0 fully saturated rings. The van der Waals surface area contributed by atoms with Gasteiger partial charge in [-0.1, -0.05) is 26.0 Å². The number of halogens is 3. The Morgan fingerprint density at radius 1 is 0.941 bits per heavy atom. The van der Waals surface area contributed by atoms with Crippen molar-refractivity contribution in [2.24, 2.45) is 0 Å². The van der Waals surface area contributed by atoms with Crippen LogP contribution >= 0.6 is 11.3 Å². The summed E-state index contributed by atoms with van der Waals surface area (Å²) < 4.78 is 49.9. The van der Waals surface area contributed by atoms with Crippen LogP contribution in [0.3, 0.4) is 0 Å². The smallest absolute Gasteiger partial charge is 0.416 e. The number of thiophene rings is 1. The summed E-state index contributed by atoms with van der Waals surface area (Å²) in [5, 5.41) is 0. The first kappa shape index (κ1) is 25.8. The van der Waals surface area contributed by atoms with E-state index in [1.165, 1.54) is 30.6 Å². The Kier molecular flexibility index (Phi) is 7.76. The maximum absolute atomic E-state index is 12.9. The van der Waals surface area contributed by atoms with Crippen molar-refractivity contribution < 1.29 is 27.4 Å². The molecular formula is C27H29F3O3S. The molecule has 3 rings (SSSR count). The number of aryl methyl sites for hydroxylation is 2. The third kappa shape index (κ3) is 5.30. The van der Waals surface area contributed by atoms with Crippen LogP contribution in [-0.4, -0.2) is 19.7 Å². The molecule has 1 heterocycles. The van der Waals surface area contributed by atoms with Gasteiger partial charge in [-0.3, -0.25) is 0 Å². The number of alkyl halides is 3. The molecule has 0 unspecified atom stereocenters. The van der Waals surface area contributed by atoms with E-state index in [0.717, 1.165) is 52.1 Å². The summed E-state index contributed by atoms with van der Waals surface area (Å²) in [6.45, 7) is 8.52. The fourth-order valence-corrected chi connectivity index (χ4v) is 5.46. The van der Waals surface area contributed by atoms with Gasteiger partial charge < -0.3 is 9.47 Å². The highest BCUT2D eigenvalue weighted by Gasteiger charge is 2.32. The SMILES string of the molecule is CCC(CC)(COc1cc(C)c(-c2ccc(C(F)(F)F)cc2)c(C)c1)c1ccc(C(=O)OC)s1. The molecule has 34 heavy (non-hydrogen) atoms. The van der Waals surface area contributed by atoms with E-state index in [4.69, 9.17) is 9.47 Å². The number of carbonyl (C=O) groups excluding carboxylic acids is 1. The van der Waals surface area contributed by atoms with Crippen molar-refractivity contribution in [3.05, 3.63) is 75.0 Å². The fraction of sp³-hybridized carbons (Fsp3) is 0.370. The van der Waals surface area contributed by atoms with Crippen molar-refractivity contribution in [3.63, 3.8) is 0 Å². The maximum Gasteiger partial charge on any atom is 0.416 e. The molecule has 7 heteroatoms. The number of hydrogen-bond donors (Lipinski definition) is 0. The van der Waals surface area contributed by atoms with Crippen molar-refractivity contribution in [1.29, 1.82) is 0 Å². The van der Waals surface area contributed by atoms with Crippen LogP contribution in [-0.2, 0) is 16.3 Å². The lowest BCUT2D eigenvalue weighted by Crippen LogP contribution is -2.31. The molecule has 3 aromatic rings. The van der Waals surface area contributed by atoms with Crippen LogP contribution in [0.4, 0.5) is 13.2 Å². The molecular weight excluding hydrogens is 461 g/mol. The minimum atomic E-state index is -4.36. The minimum absolute atomic E-state index is 0.245. The predicted molar refractivity (Wildman–Crippen MR) is 130 cm³/mol. The number of esters is 1. The number of hydrogen-bond acceptors (Lipinski definition) is 4. The van der Waals surface area contributed by atoms with Crippen molar-refractivity contribution in [1.82, 2.24) is 0 Å². The van der Waals surface area contributed by atoms with Crippen LogP contribution in [0.15, 0.2) is 48.5 Å². The molecule has 0 radical (unpaired) electrons. The fourth-order valence-electron chi connectivity index (χ4n) is 4.22.